The van der Waals surface area contributed by atoms with Crippen LogP contribution in [0.25, 0.3) is 0 Å². The Kier molecular flexibility index (Phi) is 36.7. The molecule has 0 aliphatic carbocycles. The first-order chi connectivity index (χ1) is 28.8. The average molecular weight is 863 g/mol. The number of aliphatic hydroxyl groups excluding tert-OH is 2. The summed E-state index contributed by atoms with van der Waals surface area (Å²) in [5, 5.41) is 20.0. The van der Waals surface area contributed by atoms with Crippen molar-refractivity contribution in [2.45, 2.75) is 148 Å². The van der Waals surface area contributed by atoms with Crippen molar-refractivity contribution in [1.29, 1.82) is 0 Å². The smallest absolute Gasteiger partial charge is 0.462 e. The monoisotopic (exact) mass is 863 g/mol. The van der Waals surface area contributed by atoms with Crippen LogP contribution in [0.4, 0.5) is 0 Å². The van der Waals surface area contributed by atoms with Gasteiger partial charge in [0.25, 0.3) is 0 Å². The predicted octanol–water partition coefficient (Wildman–Crippen LogP) is 10.5. The molecular formula is C48H81NO10P+. The number of quaternary nitrogens is 1. The van der Waals surface area contributed by atoms with E-state index in [2.05, 4.69) is 31.2 Å². The number of hydrogen-bond donors (Lipinski definition) is 3. The minimum atomic E-state index is -4.43. The molecule has 4 atom stereocenters. The summed E-state index contributed by atoms with van der Waals surface area (Å²) in [5.74, 6) is -0.993. The van der Waals surface area contributed by atoms with E-state index in [1.807, 2.05) is 64.5 Å². The van der Waals surface area contributed by atoms with Crippen molar-refractivity contribution in [3.63, 3.8) is 0 Å². The molecule has 0 rings (SSSR count). The molecule has 0 bridgehead atoms. The van der Waals surface area contributed by atoms with Gasteiger partial charge in [-0.3, -0.25) is 18.6 Å². The standard InChI is InChI=1S/C48H80NO10P/c1-6-8-10-11-12-13-14-15-16-17-18-19-20-24-32-38-47(52)56-42-46(43-58-60(54,55)57-41-40-49(3,4)5)59-48(53)39-33-25-22-21-23-29-35-45(51)37-31-27-26-30-36-44(50)34-28-9-7-2/h9,12-13,15-16,22-23,25-31,36-37,44-46,50-51H,6-8,10-11,14,17-21,24,32-35,38-43H2,1-5H3/p+1/b13-12-,16-15-,25-22-,27-26-,28-9-,29-23-,36-30+,37-31+/t44-,45+,46+/m0/s1. The lowest BCUT2D eigenvalue weighted by Gasteiger charge is -2.24. The number of carbonyl (C=O) groups excluding carboxylic acids is 2. The second-order valence-corrected chi connectivity index (χ2v) is 17.2. The van der Waals surface area contributed by atoms with E-state index in [9.17, 15) is 29.3 Å². The van der Waals surface area contributed by atoms with Gasteiger partial charge >= 0.3 is 19.8 Å². The molecule has 0 heterocycles. The number of carbonyl (C=O) groups is 2. The van der Waals surface area contributed by atoms with Gasteiger partial charge in [0.15, 0.2) is 6.10 Å². The molecule has 0 aromatic carbocycles. The van der Waals surface area contributed by atoms with Gasteiger partial charge in [0, 0.05) is 12.8 Å². The third kappa shape index (κ3) is 41.6. The SMILES string of the molecule is CC/C=C\C[C@H](O)/C=C/C=C\C=C\[C@H](O)C/C=C\C/C=C\CCC(=O)O[C@H](COC(=O)CCCCCCC/C=C\C/C=C\CCCCC)COP(=O)(O)OCC[N+](C)(C)C. The van der Waals surface area contributed by atoms with E-state index < -0.39 is 44.7 Å². The van der Waals surface area contributed by atoms with Gasteiger partial charge in [-0.1, -0.05) is 143 Å². The number of nitrogens with zero attached hydrogens (tertiary/aromatic N) is 1. The number of likely N-dealkylation sites (N-methyl/N-ethyl adjacent to an activating group) is 1. The molecular weight excluding hydrogens is 781 g/mol. The maximum Gasteiger partial charge on any atom is 0.472 e. The quantitative estimate of drug-likeness (QED) is 0.0137. The van der Waals surface area contributed by atoms with Gasteiger partial charge in [-0.05, 0) is 70.6 Å². The molecule has 0 radical (unpaired) electrons. The Morgan fingerprint density at radius 3 is 1.77 bits per heavy atom. The Bertz CT molecular complexity index is 1380. The Morgan fingerprint density at radius 1 is 0.617 bits per heavy atom. The number of ether oxygens (including phenoxy) is 2. The summed E-state index contributed by atoms with van der Waals surface area (Å²) < 4.78 is 34.1. The first kappa shape index (κ1) is 56.9. The maximum atomic E-state index is 12.7. The van der Waals surface area contributed by atoms with Crippen LogP contribution in [0, 0.1) is 0 Å². The highest BCUT2D eigenvalue weighted by Gasteiger charge is 2.27. The maximum absolute atomic E-state index is 12.7. The zero-order chi connectivity index (χ0) is 44.6. The van der Waals surface area contributed by atoms with Crippen molar-refractivity contribution in [2.75, 3.05) is 47.5 Å². The van der Waals surface area contributed by atoms with Crippen LogP contribution in [-0.4, -0.2) is 97.3 Å². The second kappa shape index (κ2) is 38.7. The molecule has 3 N–H and O–H groups in total. The zero-order valence-corrected chi connectivity index (χ0v) is 38.5. The molecule has 12 heteroatoms. The predicted molar refractivity (Wildman–Crippen MR) is 245 cm³/mol. The lowest BCUT2D eigenvalue weighted by Crippen LogP contribution is -2.37. The van der Waals surface area contributed by atoms with Crippen molar-refractivity contribution in [3.8, 4) is 0 Å². The summed E-state index contributed by atoms with van der Waals surface area (Å²) in [6.07, 6.45) is 43.9. The summed E-state index contributed by atoms with van der Waals surface area (Å²) in [4.78, 5) is 35.3. The number of rotatable bonds is 38. The fraction of sp³-hybridized carbons (Fsp3) is 0.625. The summed E-state index contributed by atoms with van der Waals surface area (Å²) in [6.45, 7) is 3.95. The molecule has 0 aromatic rings. The van der Waals surface area contributed by atoms with Gasteiger partial charge in [0.2, 0.25) is 0 Å². The van der Waals surface area contributed by atoms with Crippen LogP contribution in [0.1, 0.15) is 129 Å². The van der Waals surface area contributed by atoms with E-state index in [1.54, 1.807) is 36.5 Å². The van der Waals surface area contributed by atoms with Gasteiger partial charge in [-0.2, -0.15) is 0 Å². The molecule has 0 aliphatic heterocycles. The van der Waals surface area contributed by atoms with Crippen molar-refractivity contribution in [3.05, 3.63) is 97.2 Å². The average Bonchev–Trinajstić information content (AvgIpc) is 3.19. The van der Waals surface area contributed by atoms with E-state index in [1.165, 1.54) is 19.3 Å². The highest BCUT2D eigenvalue weighted by molar-refractivity contribution is 7.47. The number of phosphoric acid groups is 1. The van der Waals surface area contributed by atoms with Gasteiger partial charge in [-0.25, -0.2) is 4.57 Å². The minimum Gasteiger partial charge on any atom is -0.462 e. The van der Waals surface area contributed by atoms with Crippen LogP contribution in [0.5, 0.6) is 0 Å². The summed E-state index contributed by atoms with van der Waals surface area (Å²) in [7, 11) is 1.33. The lowest BCUT2D eigenvalue weighted by atomic mass is 10.1. The number of aliphatic hydroxyl groups is 2. The van der Waals surface area contributed by atoms with Crippen LogP contribution in [0.15, 0.2) is 97.2 Å². The highest BCUT2D eigenvalue weighted by atomic mass is 31.2. The van der Waals surface area contributed by atoms with Crippen LogP contribution in [0.3, 0.4) is 0 Å². The van der Waals surface area contributed by atoms with E-state index in [-0.39, 0.29) is 26.1 Å². The number of phosphoric ester groups is 1. The van der Waals surface area contributed by atoms with E-state index in [4.69, 9.17) is 18.5 Å². The Balaban J connectivity index is 4.65. The Morgan fingerprint density at radius 2 is 1.17 bits per heavy atom. The second-order valence-electron chi connectivity index (χ2n) is 15.7. The lowest BCUT2D eigenvalue weighted by molar-refractivity contribution is -0.870. The molecule has 60 heavy (non-hydrogen) atoms. The highest BCUT2D eigenvalue weighted by Crippen LogP contribution is 2.43. The number of unbranched alkanes of at least 4 members (excludes halogenated alkanes) is 8. The normalized spacial score (nSPS) is 15.5. The van der Waals surface area contributed by atoms with Gasteiger partial charge < -0.3 is 29.1 Å². The molecule has 0 aliphatic rings. The number of esters is 2. The topological polar surface area (TPSA) is 149 Å². The first-order valence-corrected chi connectivity index (χ1v) is 23.7. The summed E-state index contributed by atoms with van der Waals surface area (Å²) in [5.41, 5.74) is 0. The number of allylic oxidation sites excluding steroid dienone is 12. The molecule has 342 valence electrons. The van der Waals surface area contributed by atoms with E-state index in [0.29, 0.717) is 43.1 Å². The summed E-state index contributed by atoms with van der Waals surface area (Å²) >= 11 is 0. The van der Waals surface area contributed by atoms with Crippen LogP contribution in [-0.2, 0) is 32.7 Å². The molecule has 1 unspecified atom stereocenters. The number of hydrogen-bond acceptors (Lipinski definition) is 9. The Hall–Kier alpha value is -3.15. The van der Waals surface area contributed by atoms with Gasteiger partial charge in [-0.15, -0.1) is 0 Å². The van der Waals surface area contributed by atoms with E-state index >= 15 is 0 Å². The minimum absolute atomic E-state index is 0.00990. The van der Waals surface area contributed by atoms with Crippen molar-refractivity contribution >= 4 is 19.8 Å². The van der Waals surface area contributed by atoms with Crippen LogP contribution in [0.2, 0.25) is 0 Å². The third-order valence-electron chi connectivity index (χ3n) is 8.78. The van der Waals surface area contributed by atoms with Crippen molar-refractivity contribution in [1.82, 2.24) is 0 Å². The van der Waals surface area contributed by atoms with Gasteiger partial charge in [0.1, 0.15) is 19.8 Å². The molecule has 0 aromatic heterocycles. The molecule has 11 nitrogen and oxygen atoms in total. The molecule has 0 saturated heterocycles. The molecule has 0 fully saturated rings. The van der Waals surface area contributed by atoms with E-state index in [0.717, 1.165) is 51.4 Å². The molecule has 0 saturated carbocycles. The molecule has 0 amide bonds. The Labute approximate surface area is 363 Å². The summed E-state index contributed by atoms with van der Waals surface area (Å²) in [6, 6.07) is 0. The zero-order valence-electron chi connectivity index (χ0n) is 37.6. The van der Waals surface area contributed by atoms with Gasteiger partial charge in [0.05, 0.1) is 40.0 Å². The first-order valence-electron chi connectivity index (χ1n) is 22.2. The van der Waals surface area contributed by atoms with Crippen molar-refractivity contribution in [2.24, 2.45) is 0 Å². The fourth-order valence-corrected chi connectivity index (χ4v) is 5.98. The third-order valence-corrected chi connectivity index (χ3v) is 9.76. The molecule has 0 spiro atoms. The fourth-order valence-electron chi connectivity index (χ4n) is 5.24. The van der Waals surface area contributed by atoms with Crippen LogP contribution >= 0.6 is 7.82 Å². The largest absolute Gasteiger partial charge is 0.472 e. The van der Waals surface area contributed by atoms with Crippen LogP contribution < -0.4 is 0 Å². The van der Waals surface area contributed by atoms with Crippen molar-refractivity contribution < 1.29 is 52.3 Å².